The molecular weight excluding hydrogens is 270 g/mol. The van der Waals surface area contributed by atoms with Crippen molar-refractivity contribution in [2.75, 3.05) is 18.8 Å². The summed E-state index contributed by atoms with van der Waals surface area (Å²) in [6.45, 7) is 6.49. The van der Waals surface area contributed by atoms with Crippen LogP contribution in [0, 0.1) is 13.8 Å². The lowest BCUT2D eigenvalue weighted by molar-refractivity contribution is 0.725. The van der Waals surface area contributed by atoms with Crippen LogP contribution < -0.4 is 5.32 Å². The fourth-order valence-corrected chi connectivity index (χ4v) is 3.61. The maximum Gasteiger partial charge on any atom is 0.0106 e. The van der Waals surface area contributed by atoms with Crippen LogP contribution in [0.5, 0.6) is 0 Å². The van der Waals surface area contributed by atoms with Gasteiger partial charge in [-0.15, -0.1) is 23.1 Å². The van der Waals surface area contributed by atoms with Crippen LogP contribution >= 0.6 is 23.1 Å². The van der Waals surface area contributed by atoms with Gasteiger partial charge in [-0.1, -0.05) is 23.8 Å². The highest BCUT2D eigenvalue weighted by Gasteiger charge is 1.99. The Morgan fingerprint density at radius 1 is 1.16 bits per heavy atom. The Morgan fingerprint density at radius 3 is 2.79 bits per heavy atom. The van der Waals surface area contributed by atoms with Gasteiger partial charge in [0.1, 0.15) is 0 Å². The van der Waals surface area contributed by atoms with Crippen LogP contribution in [0.25, 0.3) is 0 Å². The van der Waals surface area contributed by atoms with E-state index in [0.717, 1.165) is 25.3 Å². The van der Waals surface area contributed by atoms with Crippen molar-refractivity contribution in [3.05, 3.63) is 51.7 Å². The molecule has 0 radical (unpaired) electrons. The van der Waals surface area contributed by atoms with Gasteiger partial charge in [0.05, 0.1) is 0 Å². The zero-order chi connectivity index (χ0) is 13.5. The van der Waals surface area contributed by atoms with Gasteiger partial charge in [-0.05, 0) is 49.9 Å². The minimum Gasteiger partial charge on any atom is -0.316 e. The van der Waals surface area contributed by atoms with Gasteiger partial charge < -0.3 is 5.32 Å². The molecule has 2 rings (SSSR count). The maximum atomic E-state index is 3.51. The van der Waals surface area contributed by atoms with Gasteiger partial charge in [0.25, 0.3) is 0 Å². The third-order valence-electron chi connectivity index (χ3n) is 3.00. The number of hydrogen-bond acceptors (Lipinski definition) is 3. The van der Waals surface area contributed by atoms with Crippen molar-refractivity contribution in [2.24, 2.45) is 0 Å². The molecule has 19 heavy (non-hydrogen) atoms. The molecule has 0 spiro atoms. The van der Waals surface area contributed by atoms with Crippen molar-refractivity contribution in [1.82, 2.24) is 5.32 Å². The number of hydrogen-bond donors (Lipinski definition) is 1. The fraction of sp³-hybridized carbons (Fsp3) is 0.375. The third-order valence-corrected chi connectivity index (χ3v) is 5.11. The first-order valence-corrected chi connectivity index (χ1v) is 8.55. The molecule has 0 fully saturated rings. The average molecular weight is 291 g/mol. The van der Waals surface area contributed by atoms with Gasteiger partial charge in [-0.2, -0.15) is 0 Å². The molecular formula is C16H21NS2. The Hall–Kier alpha value is -0.770. The second kappa shape index (κ2) is 7.73. The molecule has 0 bridgehead atoms. The first-order valence-electron chi connectivity index (χ1n) is 6.69. The lowest BCUT2D eigenvalue weighted by atomic mass is 10.2. The monoisotopic (exact) mass is 291 g/mol. The second-order valence-corrected chi connectivity index (χ2v) is 6.87. The number of rotatable bonds is 7. The summed E-state index contributed by atoms with van der Waals surface area (Å²) < 4.78 is 0. The summed E-state index contributed by atoms with van der Waals surface area (Å²) in [5.74, 6) is 1.13. The molecule has 1 N–H and O–H groups in total. The van der Waals surface area contributed by atoms with Crippen LogP contribution in [0.4, 0.5) is 0 Å². The van der Waals surface area contributed by atoms with E-state index in [0.29, 0.717) is 0 Å². The van der Waals surface area contributed by atoms with Gasteiger partial charge in [0.2, 0.25) is 0 Å². The lowest BCUT2D eigenvalue weighted by Gasteiger charge is -2.07. The minimum atomic E-state index is 1.07. The summed E-state index contributed by atoms with van der Waals surface area (Å²) in [4.78, 5) is 2.88. The molecule has 102 valence electrons. The van der Waals surface area contributed by atoms with Crippen molar-refractivity contribution in [3.63, 3.8) is 0 Å². The van der Waals surface area contributed by atoms with Gasteiger partial charge in [-0.3, -0.25) is 0 Å². The molecule has 0 saturated heterocycles. The predicted molar refractivity (Wildman–Crippen MR) is 87.5 cm³/mol. The summed E-state index contributed by atoms with van der Waals surface area (Å²) in [6.07, 6.45) is 1.14. The zero-order valence-corrected chi connectivity index (χ0v) is 13.2. The standard InChI is InChI=1S/C16H21NS2/c1-13-5-6-16(14(2)12-13)19-11-9-17-8-7-15-4-3-10-18-15/h3-6,10,12,17H,7-9,11H2,1-2H3. The molecule has 1 aromatic carbocycles. The SMILES string of the molecule is Cc1ccc(SCCNCCc2cccs2)c(C)c1. The van der Waals surface area contributed by atoms with Crippen LogP contribution in [0.1, 0.15) is 16.0 Å². The Labute approximate surface area is 124 Å². The average Bonchev–Trinajstić information content (AvgIpc) is 2.89. The minimum absolute atomic E-state index is 1.07. The number of thioether (sulfide) groups is 1. The first kappa shape index (κ1) is 14.6. The predicted octanol–water partition coefficient (Wildman–Crippen LogP) is 4.29. The summed E-state index contributed by atoms with van der Waals surface area (Å²) >= 11 is 3.79. The highest BCUT2D eigenvalue weighted by molar-refractivity contribution is 7.99. The van der Waals surface area contributed by atoms with Crippen molar-refractivity contribution in [3.8, 4) is 0 Å². The summed E-state index contributed by atoms with van der Waals surface area (Å²) in [6, 6.07) is 11.0. The smallest absolute Gasteiger partial charge is 0.0106 e. The number of aryl methyl sites for hydroxylation is 2. The molecule has 0 unspecified atom stereocenters. The molecule has 0 saturated carbocycles. The molecule has 1 nitrogen and oxygen atoms in total. The molecule has 1 aromatic heterocycles. The molecule has 0 aliphatic heterocycles. The van der Waals surface area contributed by atoms with Crippen LogP contribution in [-0.2, 0) is 6.42 Å². The number of thiophene rings is 1. The Morgan fingerprint density at radius 2 is 2.05 bits per heavy atom. The quantitative estimate of drug-likeness (QED) is 0.603. The van der Waals surface area contributed by atoms with E-state index in [1.165, 1.54) is 20.9 Å². The largest absolute Gasteiger partial charge is 0.316 e. The molecule has 0 aliphatic rings. The van der Waals surface area contributed by atoms with Crippen molar-refractivity contribution in [2.45, 2.75) is 25.2 Å². The molecule has 0 atom stereocenters. The molecule has 0 aliphatic carbocycles. The van der Waals surface area contributed by atoms with Crippen molar-refractivity contribution < 1.29 is 0 Å². The van der Waals surface area contributed by atoms with E-state index in [-0.39, 0.29) is 0 Å². The molecule has 0 amide bonds. The number of nitrogens with one attached hydrogen (secondary N) is 1. The van der Waals surface area contributed by atoms with Crippen LogP contribution in [-0.4, -0.2) is 18.8 Å². The Balaban J connectivity index is 1.61. The molecule has 3 heteroatoms. The number of benzene rings is 1. The Kier molecular flexibility index (Phi) is 5.95. The normalized spacial score (nSPS) is 10.8. The lowest BCUT2D eigenvalue weighted by Crippen LogP contribution is -2.19. The van der Waals surface area contributed by atoms with E-state index >= 15 is 0 Å². The van der Waals surface area contributed by atoms with Crippen LogP contribution in [0.15, 0.2) is 40.6 Å². The van der Waals surface area contributed by atoms with Crippen molar-refractivity contribution in [1.29, 1.82) is 0 Å². The van der Waals surface area contributed by atoms with E-state index in [9.17, 15) is 0 Å². The van der Waals surface area contributed by atoms with E-state index in [1.54, 1.807) is 0 Å². The zero-order valence-electron chi connectivity index (χ0n) is 11.6. The van der Waals surface area contributed by atoms with E-state index < -0.39 is 0 Å². The van der Waals surface area contributed by atoms with Crippen LogP contribution in [0.3, 0.4) is 0 Å². The Bertz CT molecular complexity index is 491. The highest BCUT2D eigenvalue weighted by atomic mass is 32.2. The van der Waals surface area contributed by atoms with E-state index in [1.807, 2.05) is 23.1 Å². The van der Waals surface area contributed by atoms with Gasteiger partial charge in [0.15, 0.2) is 0 Å². The highest BCUT2D eigenvalue weighted by Crippen LogP contribution is 2.22. The van der Waals surface area contributed by atoms with Crippen molar-refractivity contribution >= 4 is 23.1 Å². The molecule has 1 heterocycles. The topological polar surface area (TPSA) is 12.0 Å². The van der Waals surface area contributed by atoms with E-state index in [4.69, 9.17) is 0 Å². The fourth-order valence-electron chi connectivity index (χ4n) is 1.99. The van der Waals surface area contributed by atoms with Gasteiger partial charge in [0, 0.05) is 22.1 Å². The summed E-state index contributed by atoms with van der Waals surface area (Å²) in [7, 11) is 0. The van der Waals surface area contributed by atoms with Crippen LogP contribution in [0.2, 0.25) is 0 Å². The summed E-state index contributed by atoms with van der Waals surface area (Å²) in [5.41, 5.74) is 2.74. The third kappa shape index (κ3) is 5.01. The maximum absolute atomic E-state index is 3.51. The van der Waals surface area contributed by atoms with Gasteiger partial charge >= 0.3 is 0 Å². The first-order chi connectivity index (χ1) is 9.25. The van der Waals surface area contributed by atoms with Gasteiger partial charge in [-0.25, -0.2) is 0 Å². The molecule has 2 aromatic rings. The van der Waals surface area contributed by atoms with E-state index in [2.05, 4.69) is 54.9 Å². The summed E-state index contributed by atoms with van der Waals surface area (Å²) in [5, 5.41) is 5.65. The second-order valence-electron chi connectivity index (χ2n) is 4.70.